The Kier molecular flexibility index (Phi) is 11.7. The number of hydrogen-bond donors (Lipinski definition) is 1. The van der Waals surface area contributed by atoms with Crippen molar-refractivity contribution in [3.05, 3.63) is 35.9 Å². The van der Waals surface area contributed by atoms with Crippen molar-refractivity contribution in [1.29, 1.82) is 0 Å². The number of unbranched alkanes of at least 4 members (excludes halogenated alkanes) is 6. The smallest absolute Gasteiger partial charge is 0.324 e. The van der Waals surface area contributed by atoms with Crippen LogP contribution in [0.15, 0.2) is 30.3 Å². The second-order valence-electron chi connectivity index (χ2n) is 6.10. The van der Waals surface area contributed by atoms with Gasteiger partial charge in [-0.3, -0.25) is 4.34 Å². The molecule has 0 spiro atoms. The van der Waals surface area contributed by atoms with Crippen LogP contribution in [0.25, 0.3) is 0 Å². The molecule has 0 fully saturated rings. The van der Waals surface area contributed by atoms with E-state index in [1.165, 1.54) is 44.1 Å². The quantitative estimate of drug-likeness (QED) is 0.365. The molecule has 0 bridgehead atoms. The van der Waals surface area contributed by atoms with Crippen LogP contribution < -0.4 is 4.34 Å². The summed E-state index contributed by atoms with van der Waals surface area (Å²) < 4.78 is 2.56. The van der Waals surface area contributed by atoms with Gasteiger partial charge in [-0.05, 0) is 31.2 Å². The van der Waals surface area contributed by atoms with Crippen molar-refractivity contribution in [2.24, 2.45) is 0 Å². The Balaban J connectivity index is 2.01. The standard InChI is InChI=1S/C19H31BrN2O/c1-2-3-16-22(19(23)21-20)17-12-7-5-4-6-9-13-18-14-10-8-11-15-18/h8,10-11,14-15H,2-7,9,12-13,16-17H2,1H3,(H,21,23). The van der Waals surface area contributed by atoms with E-state index in [2.05, 4.69) is 57.7 Å². The topological polar surface area (TPSA) is 32.3 Å². The molecule has 4 heteroatoms. The third-order valence-electron chi connectivity index (χ3n) is 4.14. The average Bonchev–Trinajstić information content (AvgIpc) is 2.60. The van der Waals surface area contributed by atoms with E-state index in [1.54, 1.807) is 0 Å². The van der Waals surface area contributed by atoms with Gasteiger partial charge >= 0.3 is 6.03 Å². The number of halogens is 1. The molecule has 1 aromatic carbocycles. The highest BCUT2D eigenvalue weighted by Crippen LogP contribution is 2.10. The number of carbonyl (C=O) groups excluding carboxylic acids is 1. The summed E-state index contributed by atoms with van der Waals surface area (Å²) >= 11 is 3.04. The molecule has 0 unspecified atom stereocenters. The number of aryl methyl sites for hydroxylation is 1. The zero-order valence-corrected chi connectivity index (χ0v) is 16.0. The van der Waals surface area contributed by atoms with Crippen LogP contribution in [0.1, 0.15) is 63.9 Å². The maximum absolute atomic E-state index is 11.7. The number of nitrogens with one attached hydrogen (secondary N) is 1. The normalized spacial score (nSPS) is 10.5. The molecule has 3 nitrogen and oxygen atoms in total. The fourth-order valence-corrected chi connectivity index (χ4v) is 2.96. The molecule has 0 atom stereocenters. The highest BCUT2D eigenvalue weighted by atomic mass is 79.9. The molecule has 2 amide bonds. The number of benzene rings is 1. The monoisotopic (exact) mass is 382 g/mol. The lowest BCUT2D eigenvalue weighted by Crippen LogP contribution is -2.37. The van der Waals surface area contributed by atoms with Crippen LogP contribution in [0.2, 0.25) is 0 Å². The molecule has 1 N–H and O–H groups in total. The molecule has 0 radical (unpaired) electrons. The van der Waals surface area contributed by atoms with Crippen molar-refractivity contribution in [3.63, 3.8) is 0 Å². The Morgan fingerprint density at radius 1 is 0.957 bits per heavy atom. The Labute approximate surface area is 150 Å². The minimum Gasteiger partial charge on any atom is -0.324 e. The van der Waals surface area contributed by atoms with Crippen LogP contribution in [0.3, 0.4) is 0 Å². The molecular formula is C19H31BrN2O. The number of carbonyl (C=O) groups is 1. The van der Waals surface area contributed by atoms with Crippen LogP contribution >= 0.6 is 16.1 Å². The summed E-state index contributed by atoms with van der Waals surface area (Å²) in [6, 6.07) is 10.7. The van der Waals surface area contributed by atoms with Gasteiger partial charge in [0.25, 0.3) is 0 Å². The Morgan fingerprint density at radius 3 is 2.22 bits per heavy atom. The lowest BCUT2D eigenvalue weighted by molar-refractivity contribution is 0.202. The van der Waals surface area contributed by atoms with Crippen LogP contribution in [-0.4, -0.2) is 24.0 Å². The molecule has 23 heavy (non-hydrogen) atoms. The van der Waals surface area contributed by atoms with Gasteiger partial charge in [-0.15, -0.1) is 0 Å². The number of amides is 2. The second kappa shape index (κ2) is 13.4. The summed E-state index contributed by atoms with van der Waals surface area (Å²) in [4.78, 5) is 13.6. The number of nitrogens with zero attached hydrogens (tertiary/aromatic N) is 1. The maximum Gasteiger partial charge on any atom is 0.327 e. The third-order valence-corrected chi connectivity index (χ3v) is 4.48. The van der Waals surface area contributed by atoms with Crippen molar-refractivity contribution >= 4 is 22.2 Å². The number of rotatable bonds is 12. The molecule has 0 heterocycles. The zero-order chi connectivity index (χ0) is 16.8. The summed E-state index contributed by atoms with van der Waals surface area (Å²) in [6.45, 7) is 3.87. The fourth-order valence-electron chi connectivity index (χ4n) is 2.71. The van der Waals surface area contributed by atoms with E-state index < -0.39 is 0 Å². The van der Waals surface area contributed by atoms with Gasteiger partial charge in [0.2, 0.25) is 0 Å². The summed E-state index contributed by atoms with van der Waals surface area (Å²) in [5.74, 6) is 0. The molecule has 0 aliphatic carbocycles. The van der Waals surface area contributed by atoms with Crippen molar-refractivity contribution in [1.82, 2.24) is 9.24 Å². The highest BCUT2D eigenvalue weighted by Gasteiger charge is 2.10. The largest absolute Gasteiger partial charge is 0.327 e. The minimum absolute atomic E-state index is 0.0127. The summed E-state index contributed by atoms with van der Waals surface area (Å²) in [7, 11) is 0. The fraction of sp³-hybridized carbons (Fsp3) is 0.632. The molecule has 1 rings (SSSR count). The van der Waals surface area contributed by atoms with Crippen molar-refractivity contribution < 1.29 is 4.79 Å². The maximum atomic E-state index is 11.7. The van der Waals surface area contributed by atoms with Gasteiger partial charge in [0, 0.05) is 13.1 Å². The second-order valence-corrected chi connectivity index (χ2v) is 6.49. The van der Waals surface area contributed by atoms with Crippen LogP contribution in [-0.2, 0) is 6.42 Å². The first-order chi connectivity index (χ1) is 11.3. The summed E-state index contributed by atoms with van der Waals surface area (Å²) in [5, 5.41) is 0. The number of urea groups is 1. The van der Waals surface area contributed by atoms with Crippen molar-refractivity contribution in [3.8, 4) is 0 Å². The average molecular weight is 383 g/mol. The van der Waals surface area contributed by atoms with Gasteiger partial charge in [-0.25, -0.2) is 4.79 Å². The predicted octanol–water partition coefficient (Wildman–Crippen LogP) is 5.69. The molecule has 0 aliphatic rings. The Hall–Kier alpha value is -1.03. The van der Waals surface area contributed by atoms with E-state index in [0.29, 0.717) is 0 Å². The zero-order valence-electron chi connectivity index (χ0n) is 14.4. The van der Waals surface area contributed by atoms with Crippen LogP contribution in [0.5, 0.6) is 0 Å². The van der Waals surface area contributed by atoms with E-state index in [-0.39, 0.29) is 6.03 Å². The van der Waals surface area contributed by atoms with Gasteiger partial charge in [0.05, 0.1) is 16.1 Å². The van der Waals surface area contributed by atoms with Crippen LogP contribution in [0.4, 0.5) is 4.79 Å². The van der Waals surface area contributed by atoms with E-state index in [0.717, 1.165) is 32.4 Å². The molecule has 1 aromatic rings. The molecule has 0 aliphatic heterocycles. The third kappa shape index (κ3) is 9.65. The SMILES string of the molecule is CCCCN(CCCCCCCCc1ccccc1)C(=O)NBr. The lowest BCUT2D eigenvalue weighted by Gasteiger charge is -2.21. The molecule has 0 saturated heterocycles. The van der Waals surface area contributed by atoms with E-state index in [1.807, 2.05) is 4.90 Å². The van der Waals surface area contributed by atoms with Gasteiger partial charge < -0.3 is 4.90 Å². The van der Waals surface area contributed by atoms with Gasteiger partial charge in [-0.2, -0.15) is 0 Å². The Bertz CT molecular complexity index is 411. The van der Waals surface area contributed by atoms with Crippen molar-refractivity contribution in [2.75, 3.05) is 13.1 Å². The molecular weight excluding hydrogens is 352 g/mol. The summed E-state index contributed by atoms with van der Waals surface area (Å²) in [5.41, 5.74) is 1.44. The molecule has 0 aromatic heterocycles. The predicted molar refractivity (Wildman–Crippen MR) is 102 cm³/mol. The first kappa shape index (κ1) is 20.0. The van der Waals surface area contributed by atoms with Gasteiger partial charge in [-0.1, -0.05) is 69.4 Å². The Morgan fingerprint density at radius 2 is 1.57 bits per heavy atom. The molecule has 0 saturated carbocycles. The first-order valence-electron chi connectivity index (χ1n) is 8.97. The summed E-state index contributed by atoms with van der Waals surface area (Å²) in [6.07, 6.45) is 10.8. The highest BCUT2D eigenvalue weighted by molar-refractivity contribution is 9.08. The van der Waals surface area contributed by atoms with E-state index in [9.17, 15) is 4.79 Å². The van der Waals surface area contributed by atoms with Gasteiger partial charge in [0.1, 0.15) is 0 Å². The van der Waals surface area contributed by atoms with Crippen LogP contribution in [0, 0.1) is 0 Å². The number of hydrogen-bond acceptors (Lipinski definition) is 1. The minimum atomic E-state index is -0.0127. The van der Waals surface area contributed by atoms with Gasteiger partial charge in [0.15, 0.2) is 0 Å². The molecule has 130 valence electrons. The van der Waals surface area contributed by atoms with E-state index >= 15 is 0 Å². The lowest BCUT2D eigenvalue weighted by atomic mass is 10.0. The van der Waals surface area contributed by atoms with E-state index in [4.69, 9.17) is 0 Å². The van der Waals surface area contributed by atoms with Crippen molar-refractivity contribution in [2.45, 2.75) is 64.7 Å². The first-order valence-corrected chi connectivity index (χ1v) is 9.76.